The molecular formula is C17H23NO7S. The Kier molecular flexibility index (Phi) is 6.79. The number of nitrogens with one attached hydrogen (secondary N) is 1. The zero-order chi connectivity index (χ0) is 20.1. The summed E-state index contributed by atoms with van der Waals surface area (Å²) in [6.07, 6.45) is -0.950. The number of allylic oxidation sites excluding steroid dienone is 1. The molecule has 0 unspecified atom stereocenters. The second-order valence-corrected chi connectivity index (χ2v) is 7.95. The van der Waals surface area contributed by atoms with Crippen LogP contribution in [0.4, 0.5) is 4.79 Å². The highest BCUT2D eigenvalue weighted by atomic mass is 32.2. The Labute approximate surface area is 153 Å². The van der Waals surface area contributed by atoms with Gasteiger partial charge in [0.25, 0.3) is 0 Å². The van der Waals surface area contributed by atoms with Gasteiger partial charge in [-0.25, -0.2) is 9.59 Å². The maximum Gasteiger partial charge on any atom is 0.412 e. The first-order chi connectivity index (χ1) is 11.9. The van der Waals surface area contributed by atoms with E-state index in [-0.39, 0.29) is 10.7 Å². The molecule has 1 aromatic carbocycles. The largest absolute Gasteiger partial charge is 0.464 e. The molecular weight excluding hydrogens is 362 g/mol. The fourth-order valence-corrected chi connectivity index (χ4v) is 2.73. The predicted octanol–water partition coefficient (Wildman–Crippen LogP) is 2.63. The van der Waals surface area contributed by atoms with Crippen LogP contribution >= 0.6 is 0 Å². The van der Waals surface area contributed by atoms with Crippen molar-refractivity contribution in [2.24, 2.45) is 0 Å². The van der Waals surface area contributed by atoms with E-state index in [1.807, 2.05) is 6.92 Å². The summed E-state index contributed by atoms with van der Waals surface area (Å²) >= 11 is 0. The summed E-state index contributed by atoms with van der Waals surface area (Å²) in [4.78, 5) is 23.7. The first kappa shape index (κ1) is 21.5. The normalized spacial score (nSPS) is 12.7. The minimum atomic E-state index is -4.19. The van der Waals surface area contributed by atoms with E-state index in [1.54, 1.807) is 32.9 Å². The average molecular weight is 385 g/mol. The third-order valence-electron chi connectivity index (χ3n) is 2.91. The topological polar surface area (TPSA) is 108 Å². The van der Waals surface area contributed by atoms with Gasteiger partial charge in [-0.1, -0.05) is 17.7 Å². The summed E-state index contributed by atoms with van der Waals surface area (Å²) in [5.41, 5.74) is -0.413. The lowest BCUT2D eigenvalue weighted by molar-refractivity contribution is -0.136. The molecule has 8 nitrogen and oxygen atoms in total. The van der Waals surface area contributed by atoms with E-state index in [0.29, 0.717) is 0 Å². The van der Waals surface area contributed by atoms with Crippen molar-refractivity contribution in [2.45, 2.75) is 45.1 Å². The molecule has 0 fully saturated rings. The molecule has 0 spiro atoms. The maximum atomic E-state index is 12.3. The summed E-state index contributed by atoms with van der Waals surface area (Å²) < 4.78 is 39.2. The highest BCUT2D eigenvalue weighted by Gasteiger charge is 2.25. The van der Waals surface area contributed by atoms with E-state index in [9.17, 15) is 18.0 Å². The number of amides is 1. The molecule has 1 amide bonds. The van der Waals surface area contributed by atoms with Crippen molar-refractivity contribution in [1.29, 1.82) is 0 Å². The van der Waals surface area contributed by atoms with Gasteiger partial charge in [0.1, 0.15) is 16.3 Å². The molecule has 26 heavy (non-hydrogen) atoms. The zero-order valence-corrected chi connectivity index (χ0v) is 16.4. The van der Waals surface area contributed by atoms with E-state index in [4.69, 9.17) is 8.92 Å². The van der Waals surface area contributed by atoms with Crippen LogP contribution in [0.3, 0.4) is 0 Å². The lowest BCUT2D eigenvalue weighted by Gasteiger charge is -2.20. The van der Waals surface area contributed by atoms with Gasteiger partial charge in [-0.15, -0.1) is 0 Å². The van der Waals surface area contributed by atoms with Crippen molar-refractivity contribution in [3.05, 3.63) is 41.3 Å². The van der Waals surface area contributed by atoms with Crippen molar-refractivity contribution >= 4 is 22.2 Å². The van der Waals surface area contributed by atoms with E-state index < -0.39 is 33.5 Å². The third kappa shape index (κ3) is 6.40. The first-order valence-corrected chi connectivity index (χ1v) is 9.07. The van der Waals surface area contributed by atoms with Crippen LogP contribution in [0, 0.1) is 6.92 Å². The minimum absolute atomic E-state index is 0.0936. The van der Waals surface area contributed by atoms with Crippen LogP contribution in [0.15, 0.2) is 40.6 Å². The number of ether oxygens (including phenoxy) is 2. The zero-order valence-electron chi connectivity index (χ0n) is 15.6. The van der Waals surface area contributed by atoms with Crippen molar-refractivity contribution in [2.75, 3.05) is 7.11 Å². The molecule has 0 saturated carbocycles. The van der Waals surface area contributed by atoms with Crippen molar-refractivity contribution in [3.8, 4) is 0 Å². The second kappa shape index (κ2) is 8.22. The summed E-state index contributed by atoms with van der Waals surface area (Å²) in [5, 5.41) is 2.16. The van der Waals surface area contributed by atoms with E-state index in [0.717, 1.165) is 12.7 Å². The number of methoxy groups -OCH3 is 1. The van der Waals surface area contributed by atoms with Crippen LogP contribution in [0.5, 0.6) is 0 Å². The number of carbonyl (C=O) groups excluding carboxylic acids is 2. The van der Waals surface area contributed by atoms with Crippen molar-refractivity contribution in [3.63, 3.8) is 0 Å². The SMILES string of the molecule is COC(=O)/C(NC(=O)OC(C)(C)C)=C(\C)OS(=O)(=O)c1ccc(C)cc1. The number of benzene rings is 1. The standard InChI is InChI=1S/C17H23NO7S/c1-11-7-9-13(10-8-11)26(21,22)25-12(2)14(15(19)23-6)18-16(20)24-17(3,4)5/h7-10H,1-6H3,(H,18,20)/b14-12-. The molecule has 0 aliphatic rings. The lowest BCUT2D eigenvalue weighted by atomic mass is 10.2. The monoisotopic (exact) mass is 385 g/mol. The van der Waals surface area contributed by atoms with Gasteiger partial charge in [0.15, 0.2) is 5.70 Å². The number of hydrogen-bond donors (Lipinski definition) is 1. The van der Waals surface area contributed by atoms with Crippen molar-refractivity contribution in [1.82, 2.24) is 5.32 Å². The van der Waals surface area contributed by atoms with Gasteiger partial charge in [-0.3, -0.25) is 5.32 Å². The van der Waals surface area contributed by atoms with Crippen molar-refractivity contribution < 1.29 is 31.7 Å². The van der Waals surface area contributed by atoms with E-state index >= 15 is 0 Å². The highest BCUT2D eigenvalue weighted by Crippen LogP contribution is 2.18. The number of carbonyl (C=O) groups is 2. The smallest absolute Gasteiger partial charge is 0.412 e. The van der Waals surface area contributed by atoms with Gasteiger partial charge in [0, 0.05) is 0 Å². The molecule has 0 aromatic heterocycles. The molecule has 0 saturated heterocycles. The van der Waals surface area contributed by atoms with Crippen LogP contribution in [0.25, 0.3) is 0 Å². The second-order valence-electron chi connectivity index (χ2n) is 6.40. The molecule has 1 aromatic rings. The number of esters is 1. The lowest BCUT2D eigenvalue weighted by Crippen LogP contribution is -2.35. The maximum absolute atomic E-state index is 12.3. The Bertz CT molecular complexity index is 803. The van der Waals surface area contributed by atoms with Crippen LogP contribution in [-0.2, 0) is 28.6 Å². The quantitative estimate of drug-likeness (QED) is 0.359. The molecule has 1 rings (SSSR count). The molecule has 9 heteroatoms. The summed E-state index contributed by atoms with van der Waals surface area (Å²) in [7, 11) is -3.11. The van der Waals surface area contributed by atoms with Crippen LogP contribution in [0.1, 0.15) is 33.3 Å². The molecule has 1 N–H and O–H groups in total. The fourth-order valence-electron chi connectivity index (χ4n) is 1.75. The van der Waals surface area contributed by atoms with Gasteiger partial charge in [-0.05, 0) is 46.8 Å². The summed E-state index contributed by atoms with van der Waals surface area (Å²) in [5.74, 6) is -1.34. The van der Waals surface area contributed by atoms with Crippen LogP contribution in [0.2, 0.25) is 0 Å². The minimum Gasteiger partial charge on any atom is -0.464 e. The average Bonchev–Trinajstić information content (AvgIpc) is 2.50. The Balaban J connectivity index is 3.13. The van der Waals surface area contributed by atoms with Crippen LogP contribution in [-0.4, -0.2) is 33.2 Å². The van der Waals surface area contributed by atoms with Crippen LogP contribution < -0.4 is 5.32 Å². The Morgan fingerprint density at radius 3 is 2.08 bits per heavy atom. The third-order valence-corrected chi connectivity index (χ3v) is 4.23. The number of alkyl carbamates (subject to hydrolysis) is 1. The molecule has 0 bridgehead atoms. The molecule has 144 valence electrons. The molecule has 0 heterocycles. The molecule has 0 aliphatic heterocycles. The predicted molar refractivity (Wildman–Crippen MR) is 93.5 cm³/mol. The van der Waals surface area contributed by atoms with E-state index in [2.05, 4.69) is 10.1 Å². The molecule has 0 atom stereocenters. The number of aryl methyl sites for hydroxylation is 1. The molecule has 0 aliphatic carbocycles. The van der Waals surface area contributed by atoms with E-state index in [1.165, 1.54) is 19.1 Å². The fraction of sp³-hybridized carbons (Fsp3) is 0.412. The molecule has 0 radical (unpaired) electrons. The number of rotatable bonds is 5. The Morgan fingerprint density at radius 2 is 1.62 bits per heavy atom. The highest BCUT2D eigenvalue weighted by molar-refractivity contribution is 7.86. The van der Waals surface area contributed by atoms with Gasteiger partial charge >= 0.3 is 22.2 Å². The number of hydrogen-bond acceptors (Lipinski definition) is 7. The van der Waals surface area contributed by atoms with Gasteiger partial charge in [-0.2, -0.15) is 8.42 Å². The van der Waals surface area contributed by atoms with Gasteiger partial charge < -0.3 is 13.7 Å². The first-order valence-electron chi connectivity index (χ1n) is 7.66. The summed E-state index contributed by atoms with van der Waals surface area (Å²) in [6.45, 7) is 7.94. The Hall–Kier alpha value is -2.55. The summed E-state index contributed by atoms with van der Waals surface area (Å²) in [6, 6.07) is 5.96. The van der Waals surface area contributed by atoms with Gasteiger partial charge in [0.2, 0.25) is 0 Å². The van der Waals surface area contributed by atoms with Gasteiger partial charge in [0.05, 0.1) is 7.11 Å². The Morgan fingerprint density at radius 1 is 1.08 bits per heavy atom.